The second-order valence-corrected chi connectivity index (χ2v) is 5.77. The number of nitrogens with one attached hydrogen (secondary N) is 1. The number of hydrogen-bond acceptors (Lipinski definition) is 6. The molecule has 32 heavy (non-hydrogen) atoms. The summed E-state index contributed by atoms with van der Waals surface area (Å²) in [4.78, 5) is 37.2. The Balaban J connectivity index is 2.41. The third-order valence-corrected chi connectivity index (χ3v) is 3.67. The molecular weight excluding hydrogens is 444 g/mol. The Labute approximate surface area is 176 Å². The minimum Gasteiger partial charge on any atom is -0.481 e. The van der Waals surface area contributed by atoms with Crippen molar-refractivity contribution in [3.05, 3.63) is 51.8 Å². The maximum atomic E-state index is 13.5. The van der Waals surface area contributed by atoms with Crippen molar-refractivity contribution < 1.29 is 41.9 Å². The van der Waals surface area contributed by atoms with Gasteiger partial charge in [-0.1, -0.05) is 11.8 Å². The van der Waals surface area contributed by atoms with Gasteiger partial charge in [-0.3, -0.25) is 14.9 Å². The monoisotopic (exact) mass is 456 g/mol. The quantitative estimate of drug-likeness (QED) is 0.305. The van der Waals surface area contributed by atoms with Gasteiger partial charge in [-0.15, -0.1) is 0 Å². The molecule has 1 aromatic carbocycles. The van der Waals surface area contributed by atoms with Crippen LogP contribution in [0, 0.1) is 27.8 Å². The molecule has 0 atom stereocenters. The second-order valence-electron chi connectivity index (χ2n) is 5.77. The van der Waals surface area contributed by atoms with E-state index in [-0.39, 0.29) is 11.4 Å². The van der Waals surface area contributed by atoms with Crippen LogP contribution in [0.25, 0.3) is 0 Å². The summed E-state index contributed by atoms with van der Waals surface area (Å²) in [6.07, 6.45) is -6.90. The average Bonchev–Trinajstić information content (AvgIpc) is 2.71. The largest absolute Gasteiger partial charge is 0.481 e. The van der Waals surface area contributed by atoms with Crippen LogP contribution in [0.1, 0.15) is 5.56 Å². The summed E-state index contributed by atoms with van der Waals surface area (Å²) in [5.74, 6) is 0.525. The van der Waals surface area contributed by atoms with Gasteiger partial charge < -0.3 is 15.2 Å². The van der Waals surface area contributed by atoms with E-state index in [1.54, 1.807) is 0 Å². The Hall–Kier alpha value is -4.41. The highest BCUT2D eigenvalue weighted by Gasteiger charge is 2.39. The lowest BCUT2D eigenvalue weighted by Gasteiger charge is -2.15. The van der Waals surface area contributed by atoms with Crippen LogP contribution >= 0.6 is 0 Å². The minimum atomic E-state index is -5.21. The topological polar surface area (TPSA) is 135 Å². The number of benzene rings is 1. The molecule has 2 aromatic rings. The molecule has 2 rings (SSSR count). The van der Waals surface area contributed by atoms with Crippen molar-refractivity contribution >= 4 is 29.2 Å². The number of rotatable bonds is 5. The van der Waals surface area contributed by atoms with E-state index < -0.39 is 52.7 Å². The molecular formula is C18H12F4N4O6. The number of hydrogen-bond donors (Lipinski definition) is 2. The van der Waals surface area contributed by atoms with Crippen LogP contribution in [0.5, 0.6) is 5.88 Å². The number of ether oxygens (including phenoxy) is 1. The van der Waals surface area contributed by atoms with Crippen molar-refractivity contribution in [2.24, 2.45) is 0 Å². The standard InChI is InChI=1S/C18H12F4N4O6/c1-32-14-7-6-13(26(30)31)15(24-14)25(17(28)29)8-2-3-10-9-11(19)4-5-12(10)23-16(27)18(20,21)22/h4-7,9H,8H2,1H3,(H,23,27)(H,28,29). The molecule has 168 valence electrons. The van der Waals surface area contributed by atoms with E-state index in [0.717, 1.165) is 30.3 Å². The molecule has 0 saturated carbocycles. The van der Waals surface area contributed by atoms with Crippen molar-refractivity contribution in [2.75, 3.05) is 23.9 Å². The van der Waals surface area contributed by atoms with E-state index >= 15 is 0 Å². The summed E-state index contributed by atoms with van der Waals surface area (Å²) in [5.41, 5.74) is -1.55. The lowest BCUT2D eigenvalue weighted by Crippen LogP contribution is -2.31. The summed E-state index contributed by atoms with van der Waals surface area (Å²) in [5, 5.41) is 22.1. The highest BCUT2D eigenvalue weighted by molar-refractivity contribution is 5.96. The minimum absolute atomic E-state index is 0.132. The fourth-order valence-corrected chi connectivity index (χ4v) is 2.25. The number of alkyl halides is 3. The number of pyridine rings is 1. The Morgan fingerprint density at radius 3 is 2.56 bits per heavy atom. The number of carboxylic acid groups (broad SMARTS) is 1. The second kappa shape index (κ2) is 9.60. The average molecular weight is 456 g/mol. The lowest BCUT2D eigenvalue weighted by molar-refractivity contribution is -0.384. The van der Waals surface area contributed by atoms with E-state index in [9.17, 15) is 42.4 Å². The molecule has 1 heterocycles. The normalized spacial score (nSPS) is 10.5. The first kappa shape index (κ1) is 23.9. The van der Waals surface area contributed by atoms with Crippen molar-refractivity contribution in [1.82, 2.24) is 4.98 Å². The number of amides is 2. The van der Waals surface area contributed by atoms with Crippen LogP contribution in [0.4, 0.5) is 39.5 Å². The van der Waals surface area contributed by atoms with Crippen LogP contribution in [0.3, 0.4) is 0 Å². The molecule has 0 saturated heterocycles. The molecule has 0 radical (unpaired) electrons. The zero-order chi connectivity index (χ0) is 24.1. The van der Waals surface area contributed by atoms with Crippen LogP contribution in [0.15, 0.2) is 30.3 Å². The first-order valence-electron chi connectivity index (χ1n) is 8.30. The van der Waals surface area contributed by atoms with Gasteiger partial charge in [-0.2, -0.15) is 18.2 Å². The van der Waals surface area contributed by atoms with Gasteiger partial charge >= 0.3 is 23.9 Å². The molecule has 2 amide bonds. The summed E-state index contributed by atoms with van der Waals surface area (Å²) < 4.78 is 55.8. The van der Waals surface area contributed by atoms with E-state index in [1.165, 1.54) is 12.4 Å². The molecule has 14 heteroatoms. The van der Waals surface area contributed by atoms with Crippen LogP contribution < -0.4 is 15.0 Å². The number of aromatic nitrogens is 1. The summed E-state index contributed by atoms with van der Waals surface area (Å²) >= 11 is 0. The van der Waals surface area contributed by atoms with Crippen LogP contribution in [0.2, 0.25) is 0 Å². The summed E-state index contributed by atoms with van der Waals surface area (Å²) in [6, 6.07) is 4.44. The van der Waals surface area contributed by atoms with E-state index in [4.69, 9.17) is 4.74 Å². The highest BCUT2D eigenvalue weighted by atomic mass is 19.4. The van der Waals surface area contributed by atoms with Gasteiger partial charge in [0, 0.05) is 12.1 Å². The van der Waals surface area contributed by atoms with Crippen LogP contribution in [-0.2, 0) is 4.79 Å². The molecule has 10 nitrogen and oxygen atoms in total. The predicted molar refractivity (Wildman–Crippen MR) is 101 cm³/mol. The maximum Gasteiger partial charge on any atom is 0.471 e. The van der Waals surface area contributed by atoms with E-state index in [1.807, 2.05) is 0 Å². The summed E-state index contributed by atoms with van der Waals surface area (Å²) in [7, 11) is 1.20. The van der Waals surface area contributed by atoms with Crippen molar-refractivity contribution in [3.63, 3.8) is 0 Å². The zero-order valence-corrected chi connectivity index (χ0v) is 15.9. The lowest BCUT2D eigenvalue weighted by atomic mass is 10.1. The zero-order valence-electron chi connectivity index (χ0n) is 15.9. The van der Waals surface area contributed by atoms with Gasteiger partial charge in [0.1, 0.15) is 5.82 Å². The molecule has 1 aromatic heterocycles. The molecule has 0 aliphatic carbocycles. The molecule has 0 bridgehead atoms. The molecule has 0 unspecified atom stereocenters. The molecule has 2 N–H and O–H groups in total. The Morgan fingerprint density at radius 2 is 2.00 bits per heavy atom. The number of carbonyl (C=O) groups is 2. The van der Waals surface area contributed by atoms with Gasteiger partial charge in [0.25, 0.3) is 0 Å². The number of halogens is 4. The third kappa shape index (κ3) is 5.81. The first-order valence-corrected chi connectivity index (χ1v) is 8.30. The number of nitro groups is 1. The van der Waals surface area contributed by atoms with Gasteiger partial charge in [0.2, 0.25) is 11.7 Å². The molecule has 0 spiro atoms. The van der Waals surface area contributed by atoms with Crippen molar-refractivity contribution in [1.29, 1.82) is 0 Å². The Morgan fingerprint density at radius 1 is 1.31 bits per heavy atom. The number of anilines is 2. The fourth-order valence-electron chi connectivity index (χ4n) is 2.25. The maximum absolute atomic E-state index is 13.5. The Bertz CT molecular complexity index is 1130. The van der Waals surface area contributed by atoms with Gasteiger partial charge in [0.15, 0.2) is 0 Å². The van der Waals surface area contributed by atoms with E-state index in [0.29, 0.717) is 4.90 Å². The van der Waals surface area contributed by atoms with Gasteiger partial charge in [0.05, 0.1) is 29.8 Å². The molecule has 0 aliphatic heterocycles. The van der Waals surface area contributed by atoms with Crippen molar-refractivity contribution in [3.8, 4) is 17.7 Å². The number of methoxy groups -OCH3 is 1. The predicted octanol–water partition coefficient (Wildman–Crippen LogP) is 3.17. The molecule has 0 aliphatic rings. The first-order chi connectivity index (χ1) is 14.9. The van der Waals surface area contributed by atoms with Crippen LogP contribution in [-0.4, -0.2) is 46.8 Å². The van der Waals surface area contributed by atoms with E-state index in [2.05, 4.69) is 16.8 Å². The van der Waals surface area contributed by atoms with Gasteiger partial charge in [-0.05, 0) is 18.2 Å². The smallest absolute Gasteiger partial charge is 0.471 e. The Kier molecular flexibility index (Phi) is 7.16. The summed E-state index contributed by atoms with van der Waals surface area (Å²) in [6.45, 7) is -0.737. The van der Waals surface area contributed by atoms with Gasteiger partial charge in [-0.25, -0.2) is 14.1 Å². The third-order valence-electron chi connectivity index (χ3n) is 3.67. The number of nitrogens with zero attached hydrogens (tertiary/aromatic N) is 3. The molecule has 0 fully saturated rings. The number of carbonyl (C=O) groups excluding carboxylic acids is 1. The van der Waals surface area contributed by atoms with Crippen molar-refractivity contribution in [2.45, 2.75) is 6.18 Å². The SMILES string of the molecule is COc1ccc([N+](=O)[O-])c(N(CC#Cc2cc(F)ccc2NC(=O)C(F)(F)F)C(=O)O)n1. The highest BCUT2D eigenvalue weighted by Crippen LogP contribution is 2.28. The fraction of sp³-hybridized carbons (Fsp3) is 0.167.